The van der Waals surface area contributed by atoms with E-state index in [1.165, 1.54) is 69.8 Å². The quantitative estimate of drug-likeness (QED) is 0.309. The summed E-state index contributed by atoms with van der Waals surface area (Å²) in [5.74, 6) is 1.61. The molecule has 2 aromatic rings. The van der Waals surface area contributed by atoms with Crippen molar-refractivity contribution in [2.75, 3.05) is 6.61 Å². The molecule has 0 bridgehead atoms. The number of halogens is 1. The van der Waals surface area contributed by atoms with Crippen LogP contribution in [0.4, 0.5) is 4.39 Å². The summed E-state index contributed by atoms with van der Waals surface area (Å²) in [4.78, 5) is 0. The van der Waals surface area contributed by atoms with E-state index in [0.29, 0.717) is 18.3 Å². The van der Waals surface area contributed by atoms with Crippen LogP contribution < -0.4 is 4.74 Å². The standard InChI is InChI=1S/C29H41FO/c1-3-5-6-7-8-10-24-11-13-25(14-12-24)22-31-29-20-19-27(21-28(29)30)26-17-15-23(9-4-2)16-18-26/h15-21,24-25H,3-14,22H2,1-2H3. The van der Waals surface area contributed by atoms with Crippen molar-refractivity contribution in [1.82, 2.24) is 0 Å². The Hall–Kier alpha value is -1.83. The zero-order valence-electron chi connectivity index (χ0n) is 19.7. The second-order valence-corrected chi connectivity index (χ2v) is 9.49. The van der Waals surface area contributed by atoms with E-state index in [4.69, 9.17) is 4.74 Å². The van der Waals surface area contributed by atoms with Crippen LogP contribution in [0.1, 0.15) is 90.0 Å². The molecule has 0 N–H and O–H groups in total. The van der Waals surface area contributed by atoms with Crippen molar-refractivity contribution in [3.63, 3.8) is 0 Å². The lowest BCUT2D eigenvalue weighted by Gasteiger charge is -2.28. The van der Waals surface area contributed by atoms with E-state index in [1.54, 1.807) is 12.1 Å². The van der Waals surface area contributed by atoms with Gasteiger partial charge in [-0.1, -0.05) is 102 Å². The van der Waals surface area contributed by atoms with Crippen LogP contribution in [-0.2, 0) is 6.42 Å². The third-order valence-corrected chi connectivity index (χ3v) is 6.91. The fourth-order valence-corrected chi connectivity index (χ4v) is 4.88. The van der Waals surface area contributed by atoms with Crippen LogP contribution in [0.15, 0.2) is 42.5 Å². The minimum atomic E-state index is -0.254. The maximum Gasteiger partial charge on any atom is 0.165 e. The molecule has 1 aliphatic carbocycles. The molecule has 0 aromatic heterocycles. The molecule has 0 unspecified atom stereocenters. The van der Waals surface area contributed by atoms with Gasteiger partial charge < -0.3 is 4.74 Å². The van der Waals surface area contributed by atoms with Crippen LogP contribution in [0.5, 0.6) is 5.75 Å². The van der Waals surface area contributed by atoms with Crippen molar-refractivity contribution in [2.45, 2.75) is 90.9 Å². The Morgan fingerprint density at radius 3 is 2.13 bits per heavy atom. The van der Waals surface area contributed by atoms with Gasteiger partial charge >= 0.3 is 0 Å². The summed E-state index contributed by atoms with van der Waals surface area (Å²) < 4.78 is 20.6. The van der Waals surface area contributed by atoms with E-state index in [-0.39, 0.29) is 5.82 Å². The van der Waals surface area contributed by atoms with Gasteiger partial charge in [0.05, 0.1) is 6.61 Å². The third kappa shape index (κ3) is 7.66. The molecule has 0 saturated heterocycles. The Balaban J connectivity index is 1.42. The fraction of sp³-hybridized carbons (Fsp3) is 0.586. The summed E-state index contributed by atoms with van der Waals surface area (Å²) in [5.41, 5.74) is 3.29. The summed E-state index contributed by atoms with van der Waals surface area (Å²) >= 11 is 0. The summed E-state index contributed by atoms with van der Waals surface area (Å²) in [5, 5.41) is 0. The van der Waals surface area contributed by atoms with E-state index < -0.39 is 0 Å². The largest absolute Gasteiger partial charge is 0.490 e. The normalized spacial score (nSPS) is 18.8. The second-order valence-electron chi connectivity index (χ2n) is 9.49. The minimum Gasteiger partial charge on any atom is -0.490 e. The van der Waals surface area contributed by atoms with Crippen LogP contribution in [0.25, 0.3) is 11.1 Å². The molecule has 0 spiro atoms. The minimum absolute atomic E-state index is 0.254. The first-order valence-corrected chi connectivity index (χ1v) is 12.7. The number of hydrogen-bond acceptors (Lipinski definition) is 1. The van der Waals surface area contributed by atoms with Crippen molar-refractivity contribution in [3.05, 3.63) is 53.8 Å². The maximum atomic E-state index is 14.7. The average molecular weight is 425 g/mol. The first-order valence-electron chi connectivity index (χ1n) is 12.7. The predicted molar refractivity (Wildman–Crippen MR) is 130 cm³/mol. The number of aryl methyl sites for hydroxylation is 1. The van der Waals surface area contributed by atoms with Gasteiger partial charge in [-0.2, -0.15) is 0 Å². The van der Waals surface area contributed by atoms with E-state index >= 15 is 0 Å². The summed E-state index contributed by atoms with van der Waals surface area (Å²) in [6, 6.07) is 13.8. The smallest absolute Gasteiger partial charge is 0.165 e. The molecule has 1 fully saturated rings. The van der Waals surface area contributed by atoms with Crippen molar-refractivity contribution < 1.29 is 9.13 Å². The zero-order valence-corrected chi connectivity index (χ0v) is 19.7. The van der Waals surface area contributed by atoms with Crippen molar-refractivity contribution >= 4 is 0 Å². The highest BCUT2D eigenvalue weighted by Gasteiger charge is 2.21. The molecule has 1 nitrogen and oxygen atoms in total. The van der Waals surface area contributed by atoms with E-state index in [0.717, 1.165) is 29.9 Å². The monoisotopic (exact) mass is 424 g/mol. The van der Waals surface area contributed by atoms with Crippen LogP contribution in [0, 0.1) is 17.7 Å². The van der Waals surface area contributed by atoms with Crippen LogP contribution >= 0.6 is 0 Å². The molecule has 170 valence electrons. The Morgan fingerprint density at radius 1 is 0.774 bits per heavy atom. The molecule has 31 heavy (non-hydrogen) atoms. The predicted octanol–water partition coefficient (Wildman–Crippen LogP) is 8.99. The number of ether oxygens (including phenoxy) is 1. The number of rotatable bonds is 12. The summed E-state index contributed by atoms with van der Waals surface area (Å²) in [7, 11) is 0. The highest BCUT2D eigenvalue weighted by atomic mass is 19.1. The van der Waals surface area contributed by atoms with Gasteiger partial charge in [0, 0.05) is 0 Å². The SMILES string of the molecule is CCCCCCCC1CCC(COc2ccc(-c3ccc(CCC)cc3)cc2F)CC1. The Morgan fingerprint density at radius 2 is 1.45 bits per heavy atom. The molecule has 0 aliphatic heterocycles. The first kappa shape index (κ1) is 23.8. The molecule has 0 radical (unpaired) electrons. The number of unbranched alkanes of at least 4 members (excludes halogenated alkanes) is 4. The lowest BCUT2D eigenvalue weighted by atomic mass is 9.80. The number of benzene rings is 2. The van der Waals surface area contributed by atoms with Gasteiger partial charge in [0.2, 0.25) is 0 Å². The van der Waals surface area contributed by atoms with Crippen molar-refractivity contribution in [3.8, 4) is 16.9 Å². The van der Waals surface area contributed by atoms with Gasteiger partial charge in [-0.15, -0.1) is 0 Å². The highest BCUT2D eigenvalue weighted by Crippen LogP contribution is 2.33. The van der Waals surface area contributed by atoms with Crippen LogP contribution in [0.3, 0.4) is 0 Å². The summed E-state index contributed by atoms with van der Waals surface area (Å²) in [6.45, 7) is 5.10. The highest BCUT2D eigenvalue weighted by molar-refractivity contribution is 5.64. The van der Waals surface area contributed by atoms with E-state index in [2.05, 4.69) is 38.1 Å². The van der Waals surface area contributed by atoms with E-state index in [9.17, 15) is 4.39 Å². The number of hydrogen-bond donors (Lipinski definition) is 0. The molecule has 1 saturated carbocycles. The lowest BCUT2D eigenvalue weighted by molar-refractivity contribution is 0.173. The molecule has 0 heterocycles. The van der Waals surface area contributed by atoms with Gasteiger partial charge in [-0.05, 0) is 59.9 Å². The first-order chi connectivity index (χ1) is 15.2. The Bertz CT molecular complexity index is 759. The van der Waals surface area contributed by atoms with Gasteiger partial charge in [0.25, 0.3) is 0 Å². The Labute approximate surface area is 189 Å². The van der Waals surface area contributed by atoms with Gasteiger partial charge in [0.15, 0.2) is 11.6 Å². The lowest BCUT2D eigenvalue weighted by Crippen LogP contribution is -2.20. The average Bonchev–Trinajstić information content (AvgIpc) is 2.80. The zero-order chi connectivity index (χ0) is 21.9. The molecule has 1 aliphatic rings. The molecule has 0 atom stereocenters. The van der Waals surface area contributed by atoms with Crippen molar-refractivity contribution in [1.29, 1.82) is 0 Å². The summed E-state index contributed by atoms with van der Waals surface area (Å²) in [6.07, 6.45) is 15.6. The molecular weight excluding hydrogens is 383 g/mol. The van der Waals surface area contributed by atoms with Crippen molar-refractivity contribution in [2.24, 2.45) is 11.8 Å². The third-order valence-electron chi connectivity index (χ3n) is 6.91. The van der Waals surface area contributed by atoms with Gasteiger partial charge in [0.1, 0.15) is 0 Å². The van der Waals surface area contributed by atoms with Crippen LogP contribution in [0.2, 0.25) is 0 Å². The van der Waals surface area contributed by atoms with E-state index in [1.807, 2.05) is 6.07 Å². The Kier molecular flexibility index (Phi) is 9.90. The molecule has 0 amide bonds. The molecular formula is C29H41FO. The second kappa shape index (κ2) is 12.9. The molecule has 3 rings (SSSR count). The molecule has 2 aromatic carbocycles. The fourth-order valence-electron chi connectivity index (χ4n) is 4.88. The van der Waals surface area contributed by atoms with Gasteiger partial charge in [-0.25, -0.2) is 4.39 Å². The van der Waals surface area contributed by atoms with Crippen LogP contribution in [-0.4, -0.2) is 6.61 Å². The van der Waals surface area contributed by atoms with Gasteiger partial charge in [-0.3, -0.25) is 0 Å². The maximum absolute atomic E-state index is 14.7. The molecule has 2 heteroatoms. The topological polar surface area (TPSA) is 9.23 Å².